The predicted octanol–water partition coefficient (Wildman–Crippen LogP) is 3.27. The number of nitrogens with one attached hydrogen (secondary N) is 2. The number of aryl methyl sites for hydroxylation is 2. The van der Waals surface area contributed by atoms with Crippen molar-refractivity contribution < 1.29 is 18.0 Å². The quantitative estimate of drug-likeness (QED) is 0.586. The average Bonchev–Trinajstić information content (AvgIpc) is 2.96. The van der Waals surface area contributed by atoms with Gasteiger partial charge >= 0.3 is 0 Å². The highest BCUT2D eigenvalue weighted by Gasteiger charge is 2.20. The Balaban J connectivity index is 1.62. The van der Waals surface area contributed by atoms with Crippen LogP contribution in [-0.2, 0) is 22.7 Å². The second-order valence-electron chi connectivity index (χ2n) is 7.15. The zero-order valence-corrected chi connectivity index (χ0v) is 17.6. The van der Waals surface area contributed by atoms with E-state index in [1.54, 1.807) is 13.8 Å². The molecule has 2 amide bonds. The summed E-state index contributed by atoms with van der Waals surface area (Å²) in [4.78, 5) is 26.6. The molecule has 0 saturated carbocycles. The molecule has 0 fully saturated rings. The first-order valence-electron chi connectivity index (χ1n) is 9.35. The minimum atomic E-state index is -3.39. The SMILES string of the molecule is CC(C)S(=O)(=O)c1ccc(C(=O)NNC(=O)c2cc3c(s2)CCCCC3)cc1. The molecular formula is C20H24N2O4S2. The summed E-state index contributed by atoms with van der Waals surface area (Å²) >= 11 is 1.48. The number of carbonyl (C=O) groups excluding carboxylic acids is 2. The molecule has 2 N–H and O–H groups in total. The van der Waals surface area contributed by atoms with Gasteiger partial charge in [0.25, 0.3) is 11.8 Å². The Bertz CT molecular complexity index is 953. The van der Waals surface area contributed by atoms with Crippen molar-refractivity contribution in [2.24, 2.45) is 0 Å². The topological polar surface area (TPSA) is 92.3 Å². The molecule has 0 unspecified atom stereocenters. The number of hydrogen-bond acceptors (Lipinski definition) is 5. The van der Waals surface area contributed by atoms with E-state index in [1.165, 1.54) is 52.5 Å². The summed E-state index contributed by atoms with van der Waals surface area (Å²) in [5.74, 6) is -0.842. The van der Waals surface area contributed by atoms with Crippen molar-refractivity contribution >= 4 is 33.0 Å². The lowest BCUT2D eigenvalue weighted by Crippen LogP contribution is -2.41. The van der Waals surface area contributed by atoms with Crippen LogP contribution in [0, 0.1) is 0 Å². The first-order chi connectivity index (χ1) is 13.3. The third-order valence-electron chi connectivity index (χ3n) is 4.83. The summed E-state index contributed by atoms with van der Waals surface area (Å²) in [6.07, 6.45) is 5.51. The molecule has 2 aromatic rings. The monoisotopic (exact) mass is 420 g/mol. The molecule has 0 radical (unpaired) electrons. The number of amides is 2. The Hall–Kier alpha value is -2.19. The Labute approximate surface area is 169 Å². The first kappa shape index (κ1) is 20.5. The fraction of sp³-hybridized carbons (Fsp3) is 0.400. The van der Waals surface area contributed by atoms with E-state index in [-0.39, 0.29) is 16.4 Å². The Morgan fingerprint density at radius 2 is 1.61 bits per heavy atom. The maximum Gasteiger partial charge on any atom is 0.279 e. The highest BCUT2D eigenvalue weighted by atomic mass is 32.2. The zero-order valence-electron chi connectivity index (χ0n) is 15.9. The van der Waals surface area contributed by atoms with Gasteiger partial charge in [0, 0.05) is 10.4 Å². The van der Waals surface area contributed by atoms with Crippen molar-refractivity contribution in [1.82, 2.24) is 10.9 Å². The molecule has 150 valence electrons. The van der Waals surface area contributed by atoms with Crippen LogP contribution in [0.4, 0.5) is 0 Å². The van der Waals surface area contributed by atoms with E-state index in [4.69, 9.17) is 0 Å². The lowest BCUT2D eigenvalue weighted by atomic mass is 10.1. The predicted molar refractivity (Wildman–Crippen MR) is 109 cm³/mol. The van der Waals surface area contributed by atoms with Gasteiger partial charge in [-0.05, 0) is 75.4 Å². The molecule has 1 aliphatic carbocycles. The van der Waals surface area contributed by atoms with Crippen LogP contribution >= 0.6 is 11.3 Å². The number of benzene rings is 1. The lowest BCUT2D eigenvalue weighted by Gasteiger charge is -2.09. The summed E-state index contributed by atoms with van der Waals surface area (Å²) < 4.78 is 24.3. The van der Waals surface area contributed by atoms with Gasteiger partial charge in [0.1, 0.15) is 0 Å². The Morgan fingerprint density at radius 1 is 0.964 bits per heavy atom. The van der Waals surface area contributed by atoms with Crippen molar-refractivity contribution in [2.75, 3.05) is 0 Å². The van der Waals surface area contributed by atoms with E-state index in [0.717, 1.165) is 25.7 Å². The van der Waals surface area contributed by atoms with E-state index >= 15 is 0 Å². The molecule has 1 aliphatic rings. The van der Waals surface area contributed by atoms with Gasteiger partial charge in [-0.25, -0.2) is 8.42 Å². The molecule has 0 atom stereocenters. The van der Waals surface area contributed by atoms with Gasteiger partial charge < -0.3 is 0 Å². The number of rotatable bonds is 4. The third kappa shape index (κ3) is 4.44. The minimum Gasteiger partial charge on any atom is -0.267 e. The molecule has 3 rings (SSSR count). The summed E-state index contributed by atoms with van der Waals surface area (Å²) in [6, 6.07) is 7.59. The van der Waals surface area contributed by atoms with Gasteiger partial charge in [-0.1, -0.05) is 6.42 Å². The van der Waals surface area contributed by atoms with Crippen LogP contribution in [0.25, 0.3) is 0 Å². The van der Waals surface area contributed by atoms with Crippen molar-refractivity contribution in [2.45, 2.75) is 56.1 Å². The third-order valence-corrected chi connectivity index (χ3v) is 8.23. The van der Waals surface area contributed by atoms with Crippen molar-refractivity contribution in [3.05, 3.63) is 51.2 Å². The fourth-order valence-corrected chi connectivity index (χ4v) is 5.30. The molecule has 0 aliphatic heterocycles. The van der Waals surface area contributed by atoms with E-state index < -0.39 is 21.0 Å². The number of hydrazine groups is 1. The maximum absolute atomic E-state index is 12.4. The van der Waals surface area contributed by atoms with Gasteiger partial charge in [-0.3, -0.25) is 20.4 Å². The van der Waals surface area contributed by atoms with Crippen molar-refractivity contribution in [1.29, 1.82) is 0 Å². The van der Waals surface area contributed by atoms with Gasteiger partial charge in [0.2, 0.25) is 0 Å². The Morgan fingerprint density at radius 3 is 2.29 bits per heavy atom. The number of carbonyl (C=O) groups is 2. The minimum absolute atomic E-state index is 0.170. The molecule has 6 nitrogen and oxygen atoms in total. The maximum atomic E-state index is 12.4. The second-order valence-corrected chi connectivity index (χ2v) is 10.8. The molecule has 0 saturated heterocycles. The van der Waals surface area contributed by atoms with Crippen LogP contribution in [0.2, 0.25) is 0 Å². The van der Waals surface area contributed by atoms with Crippen LogP contribution < -0.4 is 10.9 Å². The molecule has 0 bridgehead atoms. The lowest BCUT2D eigenvalue weighted by molar-refractivity contribution is 0.0849. The highest BCUT2D eigenvalue weighted by Crippen LogP contribution is 2.28. The van der Waals surface area contributed by atoms with E-state index in [0.29, 0.717) is 4.88 Å². The smallest absolute Gasteiger partial charge is 0.267 e. The number of sulfone groups is 1. The van der Waals surface area contributed by atoms with Gasteiger partial charge in [-0.15, -0.1) is 11.3 Å². The van der Waals surface area contributed by atoms with Crippen molar-refractivity contribution in [3.63, 3.8) is 0 Å². The standard InChI is InChI=1S/C20H24N2O4S2/c1-13(2)28(25,26)16-10-8-14(9-11-16)19(23)21-22-20(24)18-12-15-6-4-3-5-7-17(15)27-18/h8-13H,3-7H2,1-2H3,(H,21,23)(H,22,24). The number of hydrogen-bond donors (Lipinski definition) is 2. The molecule has 0 spiro atoms. The zero-order chi connectivity index (χ0) is 20.3. The number of fused-ring (bicyclic) bond motifs is 1. The normalized spacial score (nSPS) is 14.2. The Kier molecular flexibility index (Phi) is 6.20. The van der Waals surface area contributed by atoms with E-state index in [1.807, 2.05) is 6.07 Å². The van der Waals surface area contributed by atoms with Crippen LogP contribution in [0.15, 0.2) is 35.2 Å². The van der Waals surface area contributed by atoms with Crippen LogP contribution in [0.5, 0.6) is 0 Å². The molecular weight excluding hydrogens is 396 g/mol. The molecule has 1 aromatic carbocycles. The highest BCUT2D eigenvalue weighted by molar-refractivity contribution is 7.92. The molecule has 8 heteroatoms. The summed E-state index contributed by atoms with van der Waals surface area (Å²) in [5, 5.41) is -0.535. The average molecular weight is 421 g/mol. The fourth-order valence-electron chi connectivity index (χ4n) is 3.09. The van der Waals surface area contributed by atoms with Crippen LogP contribution in [0.1, 0.15) is 63.6 Å². The van der Waals surface area contributed by atoms with Crippen molar-refractivity contribution in [3.8, 4) is 0 Å². The largest absolute Gasteiger partial charge is 0.279 e. The van der Waals surface area contributed by atoms with Crippen LogP contribution in [-0.4, -0.2) is 25.5 Å². The van der Waals surface area contributed by atoms with E-state index in [2.05, 4.69) is 10.9 Å². The number of thiophene rings is 1. The van der Waals surface area contributed by atoms with Gasteiger partial charge in [0.15, 0.2) is 9.84 Å². The van der Waals surface area contributed by atoms with Gasteiger partial charge in [0.05, 0.1) is 15.0 Å². The van der Waals surface area contributed by atoms with E-state index in [9.17, 15) is 18.0 Å². The molecule has 1 aromatic heterocycles. The first-order valence-corrected chi connectivity index (χ1v) is 11.7. The molecule has 28 heavy (non-hydrogen) atoms. The summed E-state index contributed by atoms with van der Waals surface area (Å²) in [7, 11) is -3.39. The summed E-state index contributed by atoms with van der Waals surface area (Å²) in [6.45, 7) is 3.21. The second kappa shape index (κ2) is 8.45. The summed E-state index contributed by atoms with van der Waals surface area (Å²) in [5.41, 5.74) is 6.33. The molecule has 1 heterocycles. The van der Waals surface area contributed by atoms with Crippen LogP contribution in [0.3, 0.4) is 0 Å². The van der Waals surface area contributed by atoms with Gasteiger partial charge in [-0.2, -0.15) is 0 Å².